The first-order chi connectivity index (χ1) is 7.45. The molecule has 3 nitrogen and oxygen atoms in total. The summed E-state index contributed by atoms with van der Waals surface area (Å²) in [5.74, 6) is -0.0347. The minimum atomic E-state index is -0.458. The maximum atomic E-state index is 11.9. The number of hydrogen-bond donors (Lipinski definition) is 1. The van der Waals surface area contributed by atoms with E-state index in [9.17, 15) is 4.79 Å². The van der Waals surface area contributed by atoms with Crippen LogP contribution in [-0.2, 0) is 4.79 Å². The topological polar surface area (TPSA) is 46.3 Å². The number of rotatable bonds is 3. The van der Waals surface area contributed by atoms with Gasteiger partial charge in [0.1, 0.15) is 0 Å². The van der Waals surface area contributed by atoms with Crippen LogP contribution in [0.2, 0.25) is 0 Å². The summed E-state index contributed by atoms with van der Waals surface area (Å²) >= 11 is 0. The Balaban J connectivity index is 3.08. The number of anilines is 1. The van der Waals surface area contributed by atoms with E-state index in [1.807, 2.05) is 32.9 Å². The minimum Gasteiger partial charge on any atom is -0.320 e. The Morgan fingerprint density at radius 3 is 2.19 bits per heavy atom. The predicted octanol–water partition coefficient (Wildman–Crippen LogP) is 2.00. The number of nitrogens with two attached hydrogens (primary N) is 1. The van der Waals surface area contributed by atoms with Gasteiger partial charge in [-0.1, -0.05) is 6.07 Å². The lowest BCUT2D eigenvalue weighted by Gasteiger charge is -2.23. The molecule has 1 atom stereocenters. The zero-order chi connectivity index (χ0) is 12.3. The third-order valence-corrected chi connectivity index (χ3v) is 2.49. The number of hydrogen-bond acceptors (Lipinski definition) is 2. The summed E-state index contributed by atoms with van der Waals surface area (Å²) in [4.78, 5) is 13.6. The molecule has 16 heavy (non-hydrogen) atoms. The maximum absolute atomic E-state index is 11.9. The molecule has 0 aliphatic carbocycles. The molecule has 0 aliphatic heterocycles. The second-order valence-corrected chi connectivity index (χ2v) is 4.22. The fraction of sp³-hybridized carbons (Fsp3) is 0.462. The van der Waals surface area contributed by atoms with E-state index in [4.69, 9.17) is 5.73 Å². The molecule has 0 heterocycles. The van der Waals surface area contributed by atoms with Crippen LogP contribution in [0.5, 0.6) is 0 Å². The number of nitrogens with zero attached hydrogens (tertiary/aromatic N) is 1. The number of benzene rings is 1. The highest BCUT2D eigenvalue weighted by Gasteiger charge is 2.17. The molecule has 1 aromatic carbocycles. The summed E-state index contributed by atoms with van der Waals surface area (Å²) in [6.45, 7) is 8.37. The highest BCUT2D eigenvalue weighted by Crippen LogP contribution is 2.19. The van der Waals surface area contributed by atoms with Crippen LogP contribution in [0.1, 0.15) is 25.0 Å². The van der Waals surface area contributed by atoms with Gasteiger partial charge >= 0.3 is 0 Å². The molecule has 0 unspecified atom stereocenters. The van der Waals surface area contributed by atoms with Crippen molar-refractivity contribution in [2.24, 2.45) is 5.73 Å². The van der Waals surface area contributed by atoms with Crippen molar-refractivity contribution in [3.63, 3.8) is 0 Å². The van der Waals surface area contributed by atoms with Gasteiger partial charge < -0.3 is 10.6 Å². The molecule has 0 aliphatic rings. The van der Waals surface area contributed by atoms with Crippen molar-refractivity contribution in [2.75, 3.05) is 11.4 Å². The van der Waals surface area contributed by atoms with Crippen molar-refractivity contribution in [1.82, 2.24) is 0 Å². The first-order valence-electron chi connectivity index (χ1n) is 5.61. The second kappa shape index (κ2) is 5.12. The molecule has 0 radical (unpaired) electrons. The van der Waals surface area contributed by atoms with E-state index < -0.39 is 6.04 Å². The standard InChI is InChI=1S/C13H20N2O/c1-5-15(13(16)11(4)14)12-7-9(2)6-10(3)8-12/h6-8,11H,5,14H2,1-4H3/t11-/m0/s1. The number of carbonyl (C=O) groups excluding carboxylic acids is 1. The van der Waals surface area contributed by atoms with Gasteiger partial charge in [0.05, 0.1) is 6.04 Å². The SMILES string of the molecule is CCN(C(=O)[C@H](C)N)c1cc(C)cc(C)c1. The van der Waals surface area contributed by atoms with Gasteiger partial charge in [0.15, 0.2) is 0 Å². The third-order valence-electron chi connectivity index (χ3n) is 2.49. The van der Waals surface area contributed by atoms with Crippen LogP contribution < -0.4 is 10.6 Å². The van der Waals surface area contributed by atoms with Crippen LogP contribution in [0.4, 0.5) is 5.69 Å². The predicted molar refractivity (Wildman–Crippen MR) is 67.6 cm³/mol. The molecular formula is C13H20N2O. The smallest absolute Gasteiger partial charge is 0.243 e. The fourth-order valence-corrected chi connectivity index (χ4v) is 1.82. The van der Waals surface area contributed by atoms with E-state index in [1.54, 1.807) is 11.8 Å². The molecule has 0 bridgehead atoms. The summed E-state index contributed by atoms with van der Waals surface area (Å²) in [5, 5.41) is 0. The van der Waals surface area contributed by atoms with Gasteiger partial charge in [-0.15, -0.1) is 0 Å². The van der Waals surface area contributed by atoms with Crippen molar-refractivity contribution in [2.45, 2.75) is 33.7 Å². The van der Waals surface area contributed by atoms with Crippen molar-refractivity contribution in [3.05, 3.63) is 29.3 Å². The summed E-state index contributed by atoms with van der Waals surface area (Å²) < 4.78 is 0. The summed E-state index contributed by atoms with van der Waals surface area (Å²) in [5.41, 5.74) is 8.88. The highest BCUT2D eigenvalue weighted by molar-refractivity contribution is 5.96. The van der Waals surface area contributed by atoms with E-state index in [2.05, 4.69) is 6.07 Å². The van der Waals surface area contributed by atoms with Gasteiger partial charge in [-0.2, -0.15) is 0 Å². The quantitative estimate of drug-likeness (QED) is 0.847. The third kappa shape index (κ3) is 2.83. The first-order valence-corrected chi connectivity index (χ1v) is 5.61. The number of aryl methyl sites for hydroxylation is 2. The van der Waals surface area contributed by atoms with Gasteiger partial charge in [-0.3, -0.25) is 4.79 Å². The van der Waals surface area contributed by atoms with Gasteiger partial charge in [0.2, 0.25) is 5.91 Å². The monoisotopic (exact) mass is 220 g/mol. The number of amides is 1. The lowest BCUT2D eigenvalue weighted by Crippen LogP contribution is -2.42. The van der Waals surface area contributed by atoms with E-state index in [1.165, 1.54) is 0 Å². The Labute approximate surface area is 97.2 Å². The van der Waals surface area contributed by atoms with Gasteiger partial charge in [0.25, 0.3) is 0 Å². The van der Waals surface area contributed by atoms with Crippen molar-refractivity contribution < 1.29 is 4.79 Å². The molecule has 0 fully saturated rings. The number of likely N-dealkylation sites (N-methyl/N-ethyl adjacent to an activating group) is 1. The molecule has 0 saturated carbocycles. The molecular weight excluding hydrogens is 200 g/mol. The molecule has 1 aromatic rings. The summed E-state index contributed by atoms with van der Waals surface area (Å²) in [6, 6.07) is 5.65. The fourth-order valence-electron chi connectivity index (χ4n) is 1.82. The van der Waals surface area contributed by atoms with Crippen LogP contribution >= 0.6 is 0 Å². The molecule has 0 saturated heterocycles. The minimum absolute atomic E-state index is 0.0347. The van der Waals surface area contributed by atoms with Gasteiger partial charge in [0, 0.05) is 12.2 Å². The van der Waals surface area contributed by atoms with Crippen LogP contribution in [0.15, 0.2) is 18.2 Å². The molecule has 0 aromatic heterocycles. The van der Waals surface area contributed by atoms with Gasteiger partial charge in [-0.25, -0.2) is 0 Å². The second-order valence-electron chi connectivity index (χ2n) is 4.22. The zero-order valence-electron chi connectivity index (χ0n) is 10.4. The summed E-state index contributed by atoms with van der Waals surface area (Å²) in [6.07, 6.45) is 0. The highest BCUT2D eigenvalue weighted by atomic mass is 16.2. The molecule has 0 spiro atoms. The average Bonchev–Trinajstić information content (AvgIpc) is 2.16. The Bertz CT molecular complexity index is 365. The van der Waals surface area contributed by atoms with Crippen molar-refractivity contribution in [3.8, 4) is 0 Å². The molecule has 88 valence electrons. The molecule has 2 N–H and O–H groups in total. The van der Waals surface area contributed by atoms with Crippen LogP contribution in [0.3, 0.4) is 0 Å². The molecule has 3 heteroatoms. The Morgan fingerprint density at radius 2 is 1.81 bits per heavy atom. The van der Waals surface area contributed by atoms with Crippen LogP contribution in [0.25, 0.3) is 0 Å². The maximum Gasteiger partial charge on any atom is 0.243 e. The van der Waals surface area contributed by atoms with Crippen LogP contribution in [-0.4, -0.2) is 18.5 Å². The lowest BCUT2D eigenvalue weighted by molar-refractivity contribution is -0.119. The Kier molecular flexibility index (Phi) is 4.07. The number of carbonyl (C=O) groups is 1. The Hall–Kier alpha value is -1.35. The summed E-state index contributed by atoms with van der Waals surface area (Å²) in [7, 11) is 0. The van der Waals surface area contributed by atoms with Crippen molar-refractivity contribution >= 4 is 11.6 Å². The largest absolute Gasteiger partial charge is 0.320 e. The average molecular weight is 220 g/mol. The van der Waals surface area contributed by atoms with Crippen molar-refractivity contribution in [1.29, 1.82) is 0 Å². The normalized spacial score (nSPS) is 12.3. The Morgan fingerprint density at radius 1 is 1.31 bits per heavy atom. The molecule has 1 amide bonds. The van der Waals surface area contributed by atoms with E-state index >= 15 is 0 Å². The lowest BCUT2D eigenvalue weighted by atomic mass is 10.1. The van der Waals surface area contributed by atoms with E-state index in [-0.39, 0.29) is 5.91 Å². The first kappa shape index (κ1) is 12.7. The van der Waals surface area contributed by atoms with Gasteiger partial charge in [-0.05, 0) is 51.0 Å². The van der Waals surface area contributed by atoms with E-state index in [0.717, 1.165) is 16.8 Å². The van der Waals surface area contributed by atoms with Crippen LogP contribution in [0, 0.1) is 13.8 Å². The zero-order valence-corrected chi connectivity index (χ0v) is 10.4. The van der Waals surface area contributed by atoms with E-state index in [0.29, 0.717) is 6.54 Å². The molecule has 1 rings (SSSR count).